The Morgan fingerprint density at radius 1 is 1.12 bits per heavy atom. The van der Waals surface area contributed by atoms with Crippen molar-refractivity contribution in [3.8, 4) is 0 Å². The van der Waals surface area contributed by atoms with E-state index in [-0.39, 0.29) is 41.5 Å². The molecule has 12 nitrogen and oxygen atoms in total. The highest BCUT2D eigenvalue weighted by atomic mass is 32.2. The number of carbonyl (C=O) groups excluding carboxylic acids is 3. The molecule has 3 amide bonds. The fraction of sp³-hybridized carbons (Fsp3) is 0.407. The number of rotatable bonds is 6. The number of benzene rings is 1. The van der Waals surface area contributed by atoms with Gasteiger partial charge in [-0.15, -0.1) is 0 Å². The first-order valence-corrected chi connectivity index (χ1v) is 14.4. The Bertz CT molecular complexity index is 1590. The number of nitrogens with zero attached hydrogens (tertiary/aromatic N) is 3. The summed E-state index contributed by atoms with van der Waals surface area (Å²) < 4.78 is 73.9. The Kier molecular flexibility index (Phi) is 8.34. The van der Waals surface area contributed by atoms with E-state index in [4.69, 9.17) is 14.6 Å². The molecule has 0 spiro atoms. The molecule has 1 aromatic carbocycles. The minimum Gasteiger partial charge on any atom is -0.443 e. The molecule has 0 aliphatic carbocycles. The van der Waals surface area contributed by atoms with Gasteiger partial charge in [-0.25, -0.2) is 18.4 Å². The second kappa shape index (κ2) is 11.2. The Balaban J connectivity index is 1.46. The molecule has 2 aliphatic rings. The standard InChI is InChI=1S/C27H30F3N5O7S/c1-25(2,3)23(37)33-20-9-17(27(28,29)30)10-32-21(20)13-42-24(38)35-12-18-11-34(14-26(18,15-35)41-4)22(36)16-5-7-19(8-6-16)43(31,39)40/h5-11H,12-15H2,1-4H3,(H,33,37)(H2,31,39,40). The number of hydrogen-bond donors (Lipinski definition) is 2. The summed E-state index contributed by atoms with van der Waals surface area (Å²) in [5.74, 6) is -0.978. The molecule has 1 fully saturated rings. The predicted molar refractivity (Wildman–Crippen MR) is 146 cm³/mol. The molecule has 2 aliphatic heterocycles. The van der Waals surface area contributed by atoms with E-state index >= 15 is 0 Å². The fourth-order valence-corrected chi connectivity index (χ4v) is 5.03. The summed E-state index contributed by atoms with van der Waals surface area (Å²) >= 11 is 0. The number of methoxy groups -OCH3 is 1. The Hall–Kier alpha value is -4.02. The van der Waals surface area contributed by atoms with Crippen LogP contribution in [-0.2, 0) is 37.1 Å². The fourth-order valence-electron chi connectivity index (χ4n) is 4.51. The van der Waals surface area contributed by atoms with Crippen LogP contribution in [0.1, 0.15) is 42.4 Å². The first-order valence-electron chi connectivity index (χ1n) is 12.8. The molecule has 1 saturated heterocycles. The molecule has 1 unspecified atom stereocenters. The molecule has 1 atom stereocenters. The van der Waals surface area contributed by atoms with Gasteiger partial charge in [-0.2, -0.15) is 13.2 Å². The van der Waals surface area contributed by atoms with Gasteiger partial charge in [-0.1, -0.05) is 20.8 Å². The Labute approximate surface area is 245 Å². The van der Waals surface area contributed by atoms with Gasteiger partial charge in [-0.3, -0.25) is 14.6 Å². The van der Waals surface area contributed by atoms with Gasteiger partial charge in [0.05, 0.1) is 29.2 Å². The van der Waals surface area contributed by atoms with E-state index in [0.717, 1.165) is 6.07 Å². The largest absolute Gasteiger partial charge is 0.443 e. The van der Waals surface area contributed by atoms with Gasteiger partial charge < -0.3 is 24.6 Å². The number of ether oxygens (including phenoxy) is 2. The number of anilines is 1. The summed E-state index contributed by atoms with van der Waals surface area (Å²) in [6.45, 7) is 4.35. The van der Waals surface area contributed by atoms with Gasteiger partial charge in [0, 0.05) is 42.6 Å². The van der Waals surface area contributed by atoms with Crippen molar-refractivity contribution in [3.63, 3.8) is 0 Å². The van der Waals surface area contributed by atoms with Gasteiger partial charge in [0.25, 0.3) is 5.91 Å². The molecular weight excluding hydrogens is 595 g/mol. The van der Waals surface area contributed by atoms with E-state index in [1.807, 2.05) is 0 Å². The lowest BCUT2D eigenvalue weighted by Gasteiger charge is -2.27. The van der Waals surface area contributed by atoms with Crippen LogP contribution in [0.15, 0.2) is 53.2 Å². The van der Waals surface area contributed by atoms with E-state index in [0.29, 0.717) is 11.8 Å². The monoisotopic (exact) mass is 625 g/mol. The first kappa shape index (κ1) is 31.9. The van der Waals surface area contributed by atoms with Crippen molar-refractivity contribution in [2.75, 3.05) is 32.1 Å². The molecule has 1 aromatic heterocycles. The van der Waals surface area contributed by atoms with Gasteiger partial charge >= 0.3 is 12.3 Å². The molecule has 0 saturated carbocycles. The topological polar surface area (TPSA) is 161 Å². The Morgan fingerprint density at radius 3 is 2.30 bits per heavy atom. The van der Waals surface area contributed by atoms with E-state index in [9.17, 15) is 36.0 Å². The van der Waals surface area contributed by atoms with Crippen LogP contribution in [0.3, 0.4) is 0 Å². The number of amides is 3. The third-order valence-corrected chi connectivity index (χ3v) is 7.96. The molecule has 2 aromatic rings. The normalized spacial score (nSPS) is 18.7. The summed E-state index contributed by atoms with van der Waals surface area (Å²) in [6.07, 6.45) is -3.37. The van der Waals surface area contributed by atoms with E-state index in [1.165, 1.54) is 41.2 Å². The molecule has 232 valence electrons. The van der Waals surface area contributed by atoms with Gasteiger partial charge in [0.1, 0.15) is 17.9 Å². The maximum atomic E-state index is 13.3. The summed E-state index contributed by atoms with van der Waals surface area (Å²) in [4.78, 5) is 44.9. The van der Waals surface area contributed by atoms with Crippen molar-refractivity contribution in [1.82, 2.24) is 14.8 Å². The number of aromatic nitrogens is 1. The molecule has 4 rings (SSSR count). The number of fused-ring (bicyclic) bond motifs is 1. The average Bonchev–Trinajstić information content (AvgIpc) is 3.45. The number of carbonyl (C=O) groups is 3. The van der Waals surface area contributed by atoms with Crippen molar-refractivity contribution < 1.29 is 45.4 Å². The van der Waals surface area contributed by atoms with Crippen LogP contribution >= 0.6 is 0 Å². The van der Waals surface area contributed by atoms with Crippen LogP contribution in [-0.4, -0.2) is 73.5 Å². The second-order valence-corrected chi connectivity index (χ2v) is 12.7. The van der Waals surface area contributed by atoms with Crippen LogP contribution < -0.4 is 10.5 Å². The van der Waals surface area contributed by atoms with Crippen LogP contribution in [0.5, 0.6) is 0 Å². The Morgan fingerprint density at radius 2 is 1.77 bits per heavy atom. The number of primary sulfonamides is 1. The number of sulfonamides is 1. The van der Waals surface area contributed by atoms with Crippen molar-refractivity contribution in [2.24, 2.45) is 10.6 Å². The lowest BCUT2D eigenvalue weighted by molar-refractivity contribution is -0.137. The smallest absolute Gasteiger partial charge is 0.417 e. The number of alkyl halides is 3. The summed E-state index contributed by atoms with van der Waals surface area (Å²) in [5.41, 5.74) is -2.52. The zero-order chi connectivity index (χ0) is 32.0. The van der Waals surface area contributed by atoms with E-state index < -0.39 is 57.3 Å². The highest BCUT2D eigenvalue weighted by molar-refractivity contribution is 7.89. The highest BCUT2D eigenvalue weighted by Gasteiger charge is 2.50. The van der Waals surface area contributed by atoms with Crippen LogP contribution in [0, 0.1) is 5.41 Å². The number of pyridine rings is 1. The zero-order valence-corrected chi connectivity index (χ0v) is 24.5. The quantitative estimate of drug-likeness (QED) is 0.495. The lowest BCUT2D eigenvalue weighted by Crippen LogP contribution is -2.44. The summed E-state index contributed by atoms with van der Waals surface area (Å²) in [5, 5.41) is 7.54. The minimum absolute atomic E-state index is 0.0103. The zero-order valence-electron chi connectivity index (χ0n) is 23.7. The highest BCUT2D eigenvalue weighted by Crippen LogP contribution is 2.38. The molecule has 0 bridgehead atoms. The maximum Gasteiger partial charge on any atom is 0.417 e. The van der Waals surface area contributed by atoms with Crippen LogP contribution in [0.4, 0.5) is 23.7 Å². The van der Waals surface area contributed by atoms with Gasteiger partial charge in [0.15, 0.2) is 0 Å². The average molecular weight is 626 g/mol. The van der Waals surface area contributed by atoms with Gasteiger partial charge in [0.2, 0.25) is 15.9 Å². The molecule has 43 heavy (non-hydrogen) atoms. The number of hydrogen-bond acceptors (Lipinski definition) is 8. The molecule has 3 heterocycles. The number of likely N-dealkylation sites (tertiary alicyclic amines) is 1. The number of nitrogens with one attached hydrogen (secondary N) is 1. The van der Waals surface area contributed by atoms with Crippen molar-refractivity contribution in [3.05, 3.63) is 65.1 Å². The lowest BCUT2D eigenvalue weighted by atomic mass is 9.95. The minimum atomic E-state index is -4.71. The second-order valence-electron chi connectivity index (χ2n) is 11.2. The van der Waals surface area contributed by atoms with E-state index in [2.05, 4.69) is 10.3 Å². The van der Waals surface area contributed by atoms with Crippen molar-refractivity contribution >= 4 is 33.6 Å². The van der Waals surface area contributed by atoms with Crippen LogP contribution in [0.25, 0.3) is 0 Å². The van der Waals surface area contributed by atoms with E-state index in [1.54, 1.807) is 27.0 Å². The predicted octanol–water partition coefficient (Wildman–Crippen LogP) is 3.11. The third-order valence-electron chi connectivity index (χ3n) is 7.03. The SMILES string of the molecule is COC12CN(C(=O)c3ccc(S(N)(=O)=O)cc3)C=C1CN(C(=O)OCc1ncc(C(F)(F)F)cc1NC(=O)C(C)(C)C)C2. The maximum absolute atomic E-state index is 13.3. The summed E-state index contributed by atoms with van der Waals surface area (Å²) in [6, 6.07) is 5.86. The van der Waals surface area contributed by atoms with Crippen molar-refractivity contribution in [2.45, 2.75) is 44.1 Å². The third kappa shape index (κ3) is 6.81. The number of nitrogens with two attached hydrogens (primary N) is 1. The molecular formula is C27H30F3N5O7S. The molecule has 0 radical (unpaired) electrons. The number of halogens is 3. The molecule has 3 N–H and O–H groups in total. The van der Waals surface area contributed by atoms with Crippen molar-refractivity contribution in [1.29, 1.82) is 0 Å². The van der Waals surface area contributed by atoms with Gasteiger partial charge in [-0.05, 0) is 30.3 Å². The molecule has 16 heteroatoms. The first-order chi connectivity index (χ1) is 19.8. The summed E-state index contributed by atoms with van der Waals surface area (Å²) in [7, 11) is -2.50. The van der Waals surface area contributed by atoms with Crippen LogP contribution in [0.2, 0.25) is 0 Å².